The number of carbonyl (C=O) groups is 1. The largest absolute Gasteiger partial charge is 0.480 e. The van der Waals surface area contributed by atoms with Crippen LogP contribution in [0.4, 0.5) is 0 Å². The number of nitrogens with zero attached hydrogens (tertiary/aromatic N) is 2. The Morgan fingerprint density at radius 2 is 2.33 bits per heavy atom. The maximum absolute atomic E-state index is 11.1. The smallest absolute Gasteiger partial charge is 0.320 e. The van der Waals surface area contributed by atoms with E-state index < -0.39 is 12.0 Å². The summed E-state index contributed by atoms with van der Waals surface area (Å²) in [6.07, 6.45) is 3.37. The van der Waals surface area contributed by atoms with Crippen LogP contribution in [0.15, 0.2) is 10.6 Å². The number of aliphatic carboxylic acids is 1. The summed E-state index contributed by atoms with van der Waals surface area (Å²) < 4.78 is 5.69. The number of aromatic nitrogens is 1. The molecule has 100 valence electrons. The Hall–Kier alpha value is -1.36. The lowest BCUT2D eigenvalue weighted by Crippen LogP contribution is -2.35. The van der Waals surface area contributed by atoms with Crippen molar-refractivity contribution in [1.82, 2.24) is 9.88 Å². The van der Waals surface area contributed by atoms with Gasteiger partial charge < -0.3 is 9.52 Å². The zero-order chi connectivity index (χ0) is 13.3. The molecule has 1 aromatic heterocycles. The van der Waals surface area contributed by atoms with Gasteiger partial charge in [-0.1, -0.05) is 20.8 Å². The van der Waals surface area contributed by atoms with E-state index in [1.807, 2.05) is 4.90 Å². The van der Waals surface area contributed by atoms with Crippen molar-refractivity contribution in [3.63, 3.8) is 0 Å². The van der Waals surface area contributed by atoms with E-state index in [0.29, 0.717) is 18.9 Å². The molecule has 1 aromatic rings. The number of carboxylic acid groups (broad SMARTS) is 1. The summed E-state index contributed by atoms with van der Waals surface area (Å²) in [5, 5.41) is 9.10. The first-order valence-electron chi connectivity index (χ1n) is 6.30. The third-order valence-corrected chi connectivity index (χ3v) is 3.28. The van der Waals surface area contributed by atoms with E-state index in [2.05, 4.69) is 25.8 Å². The SMILES string of the molecule is CC(C)(C)c1cnc(CN2CCCC2C(=O)O)o1. The van der Waals surface area contributed by atoms with Gasteiger partial charge in [0.25, 0.3) is 0 Å². The molecule has 1 fully saturated rings. The summed E-state index contributed by atoms with van der Waals surface area (Å²) >= 11 is 0. The molecular formula is C13H20N2O3. The average molecular weight is 252 g/mol. The van der Waals surface area contributed by atoms with Gasteiger partial charge in [0.15, 0.2) is 0 Å². The first-order chi connectivity index (χ1) is 8.38. The lowest BCUT2D eigenvalue weighted by Gasteiger charge is -2.19. The van der Waals surface area contributed by atoms with Gasteiger partial charge in [0.05, 0.1) is 12.7 Å². The minimum absolute atomic E-state index is 0.0670. The summed E-state index contributed by atoms with van der Waals surface area (Å²) in [6, 6.07) is -0.394. The number of likely N-dealkylation sites (tertiary alicyclic amines) is 1. The monoisotopic (exact) mass is 252 g/mol. The van der Waals surface area contributed by atoms with Gasteiger partial charge in [-0.05, 0) is 19.4 Å². The van der Waals surface area contributed by atoms with Crippen molar-refractivity contribution in [3.05, 3.63) is 17.8 Å². The molecule has 1 N–H and O–H groups in total. The average Bonchev–Trinajstić information content (AvgIpc) is 2.85. The molecule has 0 spiro atoms. The maximum Gasteiger partial charge on any atom is 0.320 e. The van der Waals surface area contributed by atoms with Crippen LogP contribution in [-0.2, 0) is 16.8 Å². The van der Waals surface area contributed by atoms with E-state index in [4.69, 9.17) is 9.52 Å². The summed E-state index contributed by atoms with van der Waals surface area (Å²) in [7, 11) is 0. The van der Waals surface area contributed by atoms with Gasteiger partial charge in [0.1, 0.15) is 11.8 Å². The van der Waals surface area contributed by atoms with Crippen molar-refractivity contribution in [3.8, 4) is 0 Å². The molecule has 5 nitrogen and oxygen atoms in total. The Balaban J connectivity index is 2.05. The molecule has 18 heavy (non-hydrogen) atoms. The summed E-state index contributed by atoms with van der Waals surface area (Å²) in [6.45, 7) is 7.46. The van der Waals surface area contributed by atoms with E-state index in [1.165, 1.54) is 0 Å². The third kappa shape index (κ3) is 2.72. The van der Waals surface area contributed by atoms with Crippen molar-refractivity contribution in [2.45, 2.75) is 51.6 Å². The predicted molar refractivity (Wildman–Crippen MR) is 66.3 cm³/mol. The van der Waals surface area contributed by atoms with Crippen LogP contribution in [0.25, 0.3) is 0 Å². The van der Waals surface area contributed by atoms with Crippen LogP contribution in [0, 0.1) is 0 Å². The molecule has 1 atom stereocenters. The second kappa shape index (κ2) is 4.72. The molecule has 0 amide bonds. The Bertz CT molecular complexity index is 434. The van der Waals surface area contributed by atoms with Crippen LogP contribution in [0.1, 0.15) is 45.3 Å². The molecule has 1 saturated heterocycles. The summed E-state index contributed by atoms with van der Waals surface area (Å²) in [4.78, 5) is 17.2. The molecule has 2 rings (SSSR count). The number of hydrogen-bond donors (Lipinski definition) is 1. The van der Waals surface area contributed by atoms with Gasteiger partial charge in [-0.15, -0.1) is 0 Å². The first kappa shape index (κ1) is 13.1. The normalized spacial score (nSPS) is 21.4. The van der Waals surface area contributed by atoms with E-state index in [1.54, 1.807) is 6.20 Å². The molecule has 1 unspecified atom stereocenters. The van der Waals surface area contributed by atoms with Crippen molar-refractivity contribution in [2.75, 3.05) is 6.54 Å². The first-order valence-corrected chi connectivity index (χ1v) is 6.30. The van der Waals surface area contributed by atoms with Gasteiger partial charge in [-0.3, -0.25) is 9.69 Å². The van der Waals surface area contributed by atoms with E-state index in [9.17, 15) is 4.79 Å². The molecule has 2 heterocycles. The van der Waals surface area contributed by atoms with Crippen molar-refractivity contribution >= 4 is 5.97 Å². The van der Waals surface area contributed by atoms with Crippen LogP contribution < -0.4 is 0 Å². The van der Waals surface area contributed by atoms with Crippen LogP contribution in [0.5, 0.6) is 0 Å². The van der Waals surface area contributed by atoms with Crippen molar-refractivity contribution < 1.29 is 14.3 Å². The highest BCUT2D eigenvalue weighted by atomic mass is 16.4. The van der Waals surface area contributed by atoms with Gasteiger partial charge in [-0.2, -0.15) is 0 Å². The van der Waals surface area contributed by atoms with Crippen molar-refractivity contribution in [1.29, 1.82) is 0 Å². The van der Waals surface area contributed by atoms with Gasteiger partial charge in [0.2, 0.25) is 5.89 Å². The number of carboxylic acids is 1. The number of hydrogen-bond acceptors (Lipinski definition) is 4. The number of oxazole rings is 1. The number of rotatable bonds is 3. The fourth-order valence-electron chi connectivity index (χ4n) is 2.20. The van der Waals surface area contributed by atoms with Crippen LogP contribution >= 0.6 is 0 Å². The lowest BCUT2D eigenvalue weighted by molar-refractivity contribution is -0.142. The third-order valence-electron chi connectivity index (χ3n) is 3.28. The fraction of sp³-hybridized carbons (Fsp3) is 0.692. The Morgan fingerprint density at radius 3 is 2.89 bits per heavy atom. The van der Waals surface area contributed by atoms with Gasteiger partial charge in [-0.25, -0.2) is 4.98 Å². The Morgan fingerprint density at radius 1 is 1.61 bits per heavy atom. The van der Waals surface area contributed by atoms with E-state index >= 15 is 0 Å². The maximum atomic E-state index is 11.1. The predicted octanol–water partition coefficient (Wildman–Crippen LogP) is 2.02. The van der Waals surface area contributed by atoms with Gasteiger partial charge in [0, 0.05) is 5.41 Å². The van der Waals surface area contributed by atoms with Crippen LogP contribution in [0.2, 0.25) is 0 Å². The lowest BCUT2D eigenvalue weighted by atomic mass is 9.94. The Kier molecular flexibility index (Phi) is 3.43. The van der Waals surface area contributed by atoms with Crippen LogP contribution in [-0.4, -0.2) is 33.5 Å². The zero-order valence-corrected chi connectivity index (χ0v) is 11.1. The fourth-order valence-corrected chi connectivity index (χ4v) is 2.20. The molecular weight excluding hydrogens is 232 g/mol. The second-order valence-electron chi connectivity index (χ2n) is 5.83. The summed E-state index contributed by atoms with van der Waals surface area (Å²) in [5.41, 5.74) is -0.0670. The molecule has 5 heteroatoms. The van der Waals surface area contributed by atoms with E-state index in [-0.39, 0.29) is 5.41 Å². The molecule has 0 aliphatic carbocycles. The zero-order valence-electron chi connectivity index (χ0n) is 11.1. The summed E-state index contributed by atoms with van der Waals surface area (Å²) in [5.74, 6) is 0.687. The molecule has 1 aliphatic heterocycles. The molecule has 0 aromatic carbocycles. The minimum Gasteiger partial charge on any atom is -0.480 e. The molecule has 0 saturated carbocycles. The second-order valence-corrected chi connectivity index (χ2v) is 5.83. The van der Waals surface area contributed by atoms with E-state index in [0.717, 1.165) is 18.7 Å². The van der Waals surface area contributed by atoms with Gasteiger partial charge >= 0.3 is 5.97 Å². The minimum atomic E-state index is -0.755. The topological polar surface area (TPSA) is 66.6 Å². The standard InChI is InChI=1S/C13H20N2O3/c1-13(2,3)10-7-14-11(18-10)8-15-6-4-5-9(15)12(16)17/h7,9H,4-6,8H2,1-3H3,(H,16,17). The highest BCUT2D eigenvalue weighted by Gasteiger charge is 2.31. The Labute approximate surface area is 107 Å². The highest BCUT2D eigenvalue weighted by molar-refractivity contribution is 5.73. The molecule has 0 bridgehead atoms. The highest BCUT2D eigenvalue weighted by Crippen LogP contribution is 2.25. The molecule has 0 radical (unpaired) electrons. The quantitative estimate of drug-likeness (QED) is 0.891. The molecule has 1 aliphatic rings. The van der Waals surface area contributed by atoms with Crippen LogP contribution in [0.3, 0.4) is 0 Å². The van der Waals surface area contributed by atoms with Crippen molar-refractivity contribution in [2.24, 2.45) is 0 Å².